The first-order valence-electron chi connectivity index (χ1n) is 8.93. The highest BCUT2D eigenvalue weighted by molar-refractivity contribution is 7.92. The fourth-order valence-corrected chi connectivity index (χ4v) is 4.51. The van der Waals surface area contributed by atoms with Crippen LogP contribution in [0.3, 0.4) is 0 Å². The molecule has 0 aromatic heterocycles. The minimum atomic E-state index is -3.76. The first-order valence-corrected chi connectivity index (χ1v) is 11.5. The van der Waals surface area contributed by atoms with Gasteiger partial charge in [-0.3, -0.25) is 9.10 Å². The summed E-state index contributed by atoms with van der Waals surface area (Å²) in [5.41, 5.74) is 2.37. The third kappa shape index (κ3) is 6.26. The molecule has 0 unspecified atom stereocenters. The molecule has 6 nitrogen and oxygen atoms in total. The summed E-state index contributed by atoms with van der Waals surface area (Å²) in [7, 11) is -3.76. The van der Waals surface area contributed by atoms with Crippen molar-refractivity contribution >= 4 is 44.8 Å². The standard InChI is InChI=1S/C20H24Cl2N2O4S/c1-13-6-5-7-19(14(13)2)28-9-8-23-20(25)15(3)24(29(4,26)27)18-11-16(21)10-17(22)12-18/h5-7,10-12,15H,8-9H2,1-4H3,(H,23,25)/t15-/m1/s1. The van der Waals surface area contributed by atoms with E-state index in [4.69, 9.17) is 27.9 Å². The van der Waals surface area contributed by atoms with Gasteiger partial charge >= 0.3 is 0 Å². The molecule has 0 bridgehead atoms. The van der Waals surface area contributed by atoms with Gasteiger partial charge in [0.05, 0.1) is 18.5 Å². The van der Waals surface area contributed by atoms with Crippen LogP contribution in [0, 0.1) is 13.8 Å². The van der Waals surface area contributed by atoms with Crippen LogP contribution < -0.4 is 14.4 Å². The number of benzene rings is 2. The summed E-state index contributed by atoms with van der Waals surface area (Å²) in [4.78, 5) is 12.6. The van der Waals surface area contributed by atoms with Gasteiger partial charge in [-0.1, -0.05) is 35.3 Å². The lowest BCUT2D eigenvalue weighted by molar-refractivity contribution is -0.121. The molecule has 0 aliphatic carbocycles. The SMILES string of the molecule is Cc1cccc(OCCNC(=O)[C@@H](C)N(c2cc(Cl)cc(Cl)c2)S(C)(=O)=O)c1C. The van der Waals surface area contributed by atoms with Crippen molar-refractivity contribution in [3.05, 3.63) is 57.6 Å². The number of anilines is 1. The largest absolute Gasteiger partial charge is 0.491 e. The summed E-state index contributed by atoms with van der Waals surface area (Å²) in [6.45, 7) is 5.94. The molecule has 158 valence electrons. The third-order valence-corrected chi connectivity index (χ3v) is 6.08. The molecule has 0 aliphatic rings. The zero-order valence-corrected chi connectivity index (χ0v) is 19.0. The van der Waals surface area contributed by atoms with Gasteiger partial charge in [0.1, 0.15) is 18.4 Å². The molecule has 0 saturated carbocycles. The Bertz CT molecular complexity index is 976. The van der Waals surface area contributed by atoms with Crippen LogP contribution in [-0.4, -0.2) is 39.8 Å². The number of nitrogens with zero attached hydrogens (tertiary/aromatic N) is 1. The summed E-state index contributed by atoms with van der Waals surface area (Å²) in [6.07, 6.45) is 1.02. The third-order valence-electron chi connectivity index (χ3n) is 4.40. The van der Waals surface area contributed by atoms with Crippen molar-refractivity contribution in [3.63, 3.8) is 0 Å². The minimum absolute atomic E-state index is 0.222. The summed E-state index contributed by atoms with van der Waals surface area (Å²) in [5, 5.41) is 3.25. The summed E-state index contributed by atoms with van der Waals surface area (Å²) >= 11 is 12.0. The zero-order valence-electron chi connectivity index (χ0n) is 16.7. The molecule has 2 rings (SSSR count). The average Bonchev–Trinajstić information content (AvgIpc) is 2.60. The fourth-order valence-electron chi connectivity index (χ4n) is 2.84. The Balaban J connectivity index is 2.05. The molecule has 9 heteroatoms. The Morgan fingerprint density at radius 2 is 1.79 bits per heavy atom. The van der Waals surface area contributed by atoms with Gasteiger partial charge in [0.2, 0.25) is 15.9 Å². The lowest BCUT2D eigenvalue weighted by Gasteiger charge is -2.28. The quantitative estimate of drug-likeness (QED) is 0.607. The molecule has 29 heavy (non-hydrogen) atoms. The molecule has 1 atom stereocenters. The van der Waals surface area contributed by atoms with Crippen LogP contribution in [-0.2, 0) is 14.8 Å². The van der Waals surface area contributed by atoms with Gasteiger partial charge in [0.15, 0.2) is 0 Å². The van der Waals surface area contributed by atoms with Crippen LogP contribution in [0.4, 0.5) is 5.69 Å². The number of nitrogens with one attached hydrogen (secondary N) is 1. The highest BCUT2D eigenvalue weighted by Gasteiger charge is 2.29. The number of carbonyl (C=O) groups is 1. The van der Waals surface area contributed by atoms with Crippen molar-refractivity contribution < 1.29 is 17.9 Å². The summed E-state index contributed by atoms with van der Waals surface area (Å²) in [6, 6.07) is 9.14. The number of halogens is 2. The Morgan fingerprint density at radius 1 is 1.17 bits per heavy atom. The molecule has 0 aliphatic heterocycles. The Kier molecular flexibility index (Phi) is 7.80. The topological polar surface area (TPSA) is 75.7 Å². The number of ether oxygens (including phenoxy) is 1. The van der Waals surface area contributed by atoms with Gasteiger partial charge in [-0.25, -0.2) is 8.42 Å². The van der Waals surface area contributed by atoms with Crippen LogP contribution in [0.2, 0.25) is 10.0 Å². The first kappa shape index (κ1) is 23.3. The van der Waals surface area contributed by atoms with Crippen molar-refractivity contribution in [1.82, 2.24) is 5.32 Å². The molecule has 0 saturated heterocycles. The van der Waals surface area contributed by atoms with Gasteiger partial charge in [-0.2, -0.15) is 0 Å². The van der Waals surface area contributed by atoms with E-state index in [1.54, 1.807) is 0 Å². The number of sulfonamides is 1. The highest BCUT2D eigenvalue weighted by atomic mass is 35.5. The van der Waals surface area contributed by atoms with Crippen LogP contribution in [0.25, 0.3) is 0 Å². The van der Waals surface area contributed by atoms with E-state index >= 15 is 0 Å². The Morgan fingerprint density at radius 3 is 2.38 bits per heavy atom. The van der Waals surface area contributed by atoms with Crippen molar-refractivity contribution in [1.29, 1.82) is 0 Å². The van der Waals surface area contributed by atoms with Crippen LogP contribution in [0.15, 0.2) is 36.4 Å². The number of amides is 1. The lowest BCUT2D eigenvalue weighted by atomic mass is 10.1. The van der Waals surface area contributed by atoms with Crippen molar-refractivity contribution in [2.45, 2.75) is 26.8 Å². The molecule has 1 N–H and O–H groups in total. The highest BCUT2D eigenvalue weighted by Crippen LogP contribution is 2.28. The molecular formula is C20H24Cl2N2O4S. The van der Waals surface area contributed by atoms with Gasteiger partial charge < -0.3 is 10.1 Å². The van der Waals surface area contributed by atoms with E-state index in [1.807, 2.05) is 32.0 Å². The Hall–Kier alpha value is -1.96. The van der Waals surface area contributed by atoms with Crippen molar-refractivity contribution in [2.24, 2.45) is 0 Å². The minimum Gasteiger partial charge on any atom is -0.491 e. The molecule has 2 aromatic rings. The zero-order chi connectivity index (χ0) is 21.8. The molecule has 1 amide bonds. The molecule has 0 heterocycles. The molecular weight excluding hydrogens is 435 g/mol. The van der Waals surface area contributed by atoms with Crippen molar-refractivity contribution in [3.8, 4) is 5.75 Å². The number of hydrogen-bond donors (Lipinski definition) is 1. The fraction of sp³-hybridized carbons (Fsp3) is 0.350. The molecule has 0 spiro atoms. The van der Waals surface area contributed by atoms with E-state index < -0.39 is 22.0 Å². The van der Waals surface area contributed by atoms with Crippen LogP contribution in [0.1, 0.15) is 18.1 Å². The number of aryl methyl sites for hydroxylation is 1. The van der Waals surface area contributed by atoms with E-state index in [0.717, 1.165) is 27.4 Å². The maximum absolute atomic E-state index is 12.6. The first-order chi connectivity index (χ1) is 13.5. The second-order valence-electron chi connectivity index (χ2n) is 6.70. The maximum atomic E-state index is 12.6. The van der Waals surface area contributed by atoms with E-state index in [-0.39, 0.29) is 28.9 Å². The maximum Gasteiger partial charge on any atom is 0.243 e. The van der Waals surface area contributed by atoms with E-state index in [1.165, 1.54) is 25.1 Å². The number of carbonyl (C=O) groups excluding carboxylic acids is 1. The Labute approximate surface area is 181 Å². The van der Waals surface area contributed by atoms with Gasteiger partial charge in [-0.15, -0.1) is 0 Å². The number of rotatable bonds is 8. The lowest BCUT2D eigenvalue weighted by Crippen LogP contribution is -2.48. The summed E-state index contributed by atoms with van der Waals surface area (Å²) < 4.78 is 31.3. The predicted molar refractivity (Wildman–Crippen MR) is 118 cm³/mol. The molecule has 2 aromatic carbocycles. The van der Waals surface area contributed by atoms with Crippen LogP contribution >= 0.6 is 23.2 Å². The van der Waals surface area contributed by atoms with Gasteiger partial charge in [0, 0.05) is 10.0 Å². The van der Waals surface area contributed by atoms with E-state index in [9.17, 15) is 13.2 Å². The van der Waals surface area contributed by atoms with Crippen molar-refractivity contribution in [2.75, 3.05) is 23.7 Å². The smallest absolute Gasteiger partial charge is 0.243 e. The molecule has 0 fully saturated rings. The van der Waals surface area contributed by atoms with E-state index in [0.29, 0.717) is 0 Å². The molecule has 0 radical (unpaired) electrons. The summed E-state index contributed by atoms with van der Waals surface area (Å²) in [5.74, 6) is 0.287. The normalized spacial score (nSPS) is 12.3. The average molecular weight is 459 g/mol. The number of hydrogen-bond acceptors (Lipinski definition) is 4. The van der Waals surface area contributed by atoms with Gasteiger partial charge in [0.25, 0.3) is 0 Å². The van der Waals surface area contributed by atoms with E-state index in [2.05, 4.69) is 5.32 Å². The second kappa shape index (κ2) is 9.69. The van der Waals surface area contributed by atoms with Gasteiger partial charge in [-0.05, 0) is 56.2 Å². The van der Waals surface area contributed by atoms with Crippen LogP contribution in [0.5, 0.6) is 5.75 Å². The predicted octanol–water partition coefficient (Wildman–Crippen LogP) is 3.96. The second-order valence-corrected chi connectivity index (χ2v) is 9.43. The monoisotopic (exact) mass is 458 g/mol.